The van der Waals surface area contributed by atoms with Crippen LogP contribution in [0.3, 0.4) is 0 Å². The number of hydrogen-bond acceptors (Lipinski definition) is 4. The number of fused-ring (bicyclic) bond motifs is 1. The number of hydrogen-bond donors (Lipinski definition) is 0. The Bertz CT molecular complexity index is 1920. The first-order valence-electron chi connectivity index (χ1n) is 21.3. The molecule has 0 fully saturated rings. The van der Waals surface area contributed by atoms with Crippen LogP contribution in [-0.2, 0) is 12.8 Å². The van der Waals surface area contributed by atoms with Crippen LogP contribution in [0.25, 0.3) is 33.5 Å². The van der Waals surface area contributed by atoms with Crippen LogP contribution in [0, 0.1) is 24.2 Å². The molecule has 0 aliphatic rings. The van der Waals surface area contributed by atoms with Crippen molar-refractivity contribution in [2.45, 2.75) is 155 Å². The summed E-state index contributed by atoms with van der Waals surface area (Å²) in [5.41, 5.74) is 8.35. The van der Waals surface area contributed by atoms with Crippen LogP contribution in [0.4, 0.5) is 0 Å². The predicted molar refractivity (Wildman–Crippen MR) is 238 cm³/mol. The Morgan fingerprint density at radius 1 is 0.500 bits per heavy atom. The molecule has 0 N–H and O–H groups in total. The van der Waals surface area contributed by atoms with Gasteiger partial charge in [0.15, 0.2) is 0 Å². The Morgan fingerprint density at radius 3 is 1.41 bits per heavy atom. The van der Waals surface area contributed by atoms with Gasteiger partial charge in [0.25, 0.3) is 0 Å². The van der Waals surface area contributed by atoms with E-state index in [0.29, 0.717) is 0 Å². The topological polar surface area (TPSA) is 25.8 Å². The van der Waals surface area contributed by atoms with Gasteiger partial charge in [0.05, 0.1) is 16.3 Å². The molecular weight excluding hydrogens is 693 g/mol. The molecule has 0 bridgehead atoms. The zero-order valence-electron chi connectivity index (χ0n) is 33.2. The zero-order chi connectivity index (χ0) is 37.6. The molecule has 2 nitrogen and oxygen atoms in total. The summed E-state index contributed by atoms with van der Waals surface area (Å²) in [5.74, 6) is 10.1. The van der Waals surface area contributed by atoms with Crippen LogP contribution in [0.15, 0.2) is 66.0 Å². The van der Waals surface area contributed by atoms with Gasteiger partial charge in [-0.05, 0) is 54.0 Å². The van der Waals surface area contributed by atoms with Crippen LogP contribution in [-0.4, -0.2) is 9.97 Å². The van der Waals surface area contributed by atoms with Gasteiger partial charge in [-0.2, -0.15) is 0 Å². The first-order valence-corrected chi connectivity index (χ1v) is 23.0. The summed E-state index contributed by atoms with van der Waals surface area (Å²) in [6.45, 7) is 4.59. The monoisotopic (exact) mass is 754 g/mol. The molecule has 0 spiro atoms. The minimum absolute atomic E-state index is 0.767. The smallest absolute Gasteiger partial charge is 0.117 e. The lowest BCUT2D eigenvalue weighted by Crippen LogP contribution is -1.95. The summed E-state index contributed by atoms with van der Waals surface area (Å²) in [4.78, 5) is 13.4. The van der Waals surface area contributed by atoms with Gasteiger partial charge in [0.2, 0.25) is 0 Å². The van der Waals surface area contributed by atoms with E-state index in [1.54, 1.807) is 11.3 Å². The average Bonchev–Trinajstić information content (AvgIpc) is 3.77. The van der Waals surface area contributed by atoms with Crippen molar-refractivity contribution in [3.05, 3.63) is 91.8 Å². The molecule has 4 heteroatoms. The minimum atomic E-state index is 0.767. The Kier molecular flexibility index (Phi) is 18.4. The van der Waals surface area contributed by atoms with Gasteiger partial charge in [0, 0.05) is 11.1 Å². The second-order valence-corrected chi connectivity index (χ2v) is 16.8. The average molecular weight is 755 g/mol. The predicted octanol–water partition coefficient (Wildman–Crippen LogP) is 15.4. The minimum Gasteiger partial charge on any atom is -0.242 e. The van der Waals surface area contributed by atoms with E-state index in [9.17, 15) is 0 Å². The molecule has 0 unspecified atom stereocenters. The molecule has 0 saturated carbocycles. The van der Waals surface area contributed by atoms with E-state index in [0.717, 1.165) is 49.7 Å². The molecule has 0 aliphatic heterocycles. The van der Waals surface area contributed by atoms with Gasteiger partial charge in [-0.15, -0.1) is 29.1 Å². The lowest BCUT2D eigenvalue weighted by molar-refractivity contribution is 0.553. The fourth-order valence-corrected chi connectivity index (χ4v) is 9.29. The Hall–Kier alpha value is -3.70. The van der Waals surface area contributed by atoms with Crippen LogP contribution in [0.5, 0.6) is 0 Å². The second kappa shape index (κ2) is 23.9. The number of nitrogens with zero attached hydrogens (tertiary/aromatic N) is 2. The van der Waals surface area contributed by atoms with E-state index in [1.165, 1.54) is 151 Å². The molecule has 5 aromatic rings. The van der Waals surface area contributed by atoms with Crippen molar-refractivity contribution in [2.75, 3.05) is 0 Å². The quantitative estimate of drug-likeness (QED) is 0.0463. The molecule has 5 rings (SSSR count). The van der Waals surface area contributed by atoms with Crippen LogP contribution < -0.4 is 0 Å². The molecular formula is C50H62N2S2. The third-order valence-electron chi connectivity index (χ3n) is 10.6. The SMILES string of the molecule is C#Cc1sc(C#Cc2scc(CCCCCCCCCCCC)c2CCCCCCCCCCCC)c2nc(-c3ccccc3)c(-c3ccccc3)nc12. The summed E-state index contributed by atoms with van der Waals surface area (Å²) in [7, 11) is 0. The van der Waals surface area contributed by atoms with E-state index in [4.69, 9.17) is 16.4 Å². The summed E-state index contributed by atoms with van der Waals surface area (Å²) in [6, 6.07) is 20.6. The van der Waals surface area contributed by atoms with Crippen molar-refractivity contribution in [3.63, 3.8) is 0 Å². The van der Waals surface area contributed by atoms with Crippen LogP contribution in [0.2, 0.25) is 0 Å². The Morgan fingerprint density at radius 2 is 0.926 bits per heavy atom. The number of benzene rings is 2. The highest BCUT2D eigenvalue weighted by Gasteiger charge is 2.19. The first-order chi connectivity index (χ1) is 26.7. The standard InChI is InChI=1S/C50H62N2S2/c1-4-7-9-11-13-15-17-19-21-25-35-42-39-53-45(43(42)36-30-22-20-18-16-14-12-10-8-5-2)37-38-46-50-49(44(6-3)54-46)51-47(40-31-26-23-27-32-40)48(52-50)41-33-28-24-29-34-41/h3,23-24,26-29,31-34,39H,4-5,7-22,25,30,35-36H2,1-2H3. The van der Waals surface area contributed by atoms with Crippen molar-refractivity contribution >= 4 is 33.7 Å². The largest absolute Gasteiger partial charge is 0.242 e. The molecule has 0 saturated heterocycles. The fraction of sp³-hybridized carbons (Fsp3) is 0.480. The molecule has 0 atom stereocenters. The second-order valence-electron chi connectivity index (χ2n) is 14.9. The van der Waals surface area contributed by atoms with Gasteiger partial charge in [-0.25, -0.2) is 9.97 Å². The molecule has 3 heterocycles. The summed E-state index contributed by atoms with van der Waals surface area (Å²) in [5, 5.41) is 2.40. The van der Waals surface area contributed by atoms with Gasteiger partial charge in [-0.3, -0.25) is 0 Å². The van der Waals surface area contributed by atoms with E-state index < -0.39 is 0 Å². The van der Waals surface area contributed by atoms with Gasteiger partial charge >= 0.3 is 0 Å². The molecule has 3 aromatic heterocycles. The van der Waals surface area contributed by atoms with Crippen LogP contribution >= 0.6 is 22.7 Å². The zero-order valence-corrected chi connectivity index (χ0v) is 34.8. The third kappa shape index (κ3) is 12.7. The lowest BCUT2D eigenvalue weighted by Gasteiger charge is -2.09. The maximum atomic E-state index is 6.08. The highest BCUT2D eigenvalue weighted by Crippen LogP contribution is 2.36. The fourth-order valence-electron chi connectivity index (χ4n) is 7.44. The number of aromatic nitrogens is 2. The van der Waals surface area contributed by atoms with E-state index in [1.807, 2.05) is 35.6 Å². The summed E-state index contributed by atoms with van der Waals surface area (Å²) in [6.07, 6.45) is 35.6. The number of rotatable bonds is 24. The van der Waals surface area contributed by atoms with Crippen LogP contribution in [0.1, 0.15) is 168 Å². The maximum Gasteiger partial charge on any atom is 0.117 e. The number of aryl methyl sites for hydroxylation is 1. The molecule has 0 amide bonds. The van der Waals surface area contributed by atoms with Gasteiger partial charge in [0.1, 0.15) is 20.8 Å². The highest BCUT2D eigenvalue weighted by atomic mass is 32.1. The Balaban J connectivity index is 1.33. The molecule has 0 radical (unpaired) electrons. The van der Waals surface area contributed by atoms with E-state index in [2.05, 4.69) is 73.4 Å². The highest BCUT2D eigenvalue weighted by molar-refractivity contribution is 7.15. The summed E-state index contributed by atoms with van der Waals surface area (Å²) >= 11 is 3.38. The van der Waals surface area contributed by atoms with E-state index in [-0.39, 0.29) is 0 Å². The normalized spacial score (nSPS) is 11.1. The number of terminal acetylenes is 1. The van der Waals surface area contributed by atoms with Gasteiger partial charge < -0.3 is 0 Å². The molecule has 2 aromatic carbocycles. The maximum absolute atomic E-state index is 6.08. The van der Waals surface area contributed by atoms with Crippen molar-refractivity contribution < 1.29 is 0 Å². The van der Waals surface area contributed by atoms with Crippen molar-refractivity contribution in [1.29, 1.82) is 0 Å². The van der Waals surface area contributed by atoms with Crippen molar-refractivity contribution in [2.24, 2.45) is 0 Å². The van der Waals surface area contributed by atoms with Gasteiger partial charge in [-0.1, -0.05) is 196 Å². The van der Waals surface area contributed by atoms with E-state index >= 15 is 0 Å². The number of thiophene rings is 2. The van der Waals surface area contributed by atoms with Crippen molar-refractivity contribution in [1.82, 2.24) is 9.97 Å². The molecule has 54 heavy (non-hydrogen) atoms. The van der Waals surface area contributed by atoms with Crippen molar-refractivity contribution in [3.8, 4) is 46.7 Å². The first kappa shape index (κ1) is 41.5. The third-order valence-corrected chi connectivity index (χ3v) is 12.6. The number of unbranched alkanes of at least 4 members (excludes halogenated alkanes) is 18. The summed E-state index contributed by atoms with van der Waals surface area (Å²) < 4.78 is 0. The lowest BCUT2D eigenvalue weighted by atomic mass is 9.98. The Labute approximate surface area is 335 Å². The molecule has 284 valence electrons. The molecule has 0 aliphatic carbocycles.